The van der Waals surface area contributed by atoms with E-state index in [-0.39, 0.29) is 23.1 Å². The first-order valence-corrected chi connectivity index (χ1v) is 10.6. The van der Waals surface area contributed by atoms with Gasteiger partial charge in [-0.05, 0) is 35.4 Å². The Balaban J connectivity index is 1.84. The first kappa shape index (κ1) is 21.6. The van der Waals surface area contributed by atoms with E-state index in [1.165, 1.54) is 31.4 Å². The highest BCUT2D eigenvalue weighted by molar-refractivity contribution is 7.15. The van der Waals surface area contributed by atoms with Gasteiger partial charge >= 0.3 is 5.97 Å². The first-order valence-electron chi connectivity index (χ1n) is 9.80. The molecule has 1 amide bonds. The van der Waals surface area contributed by atoms with Crippen LogP contribution < -0.4 is 14.8 Å². The molecule has 1 aliphatic heterocycles. The lowest BCUT2D eigenvalue weighted by Gasteiger charge is -2.24. The van der Waals surface area contributed by atoms with Gasteiger partial charge in [0, 0.05) is 22.8 Å². The Morgan fingerprint density at radius 1 is 1.28 bits per heavy atom. The molecule has 0 aliphatic carbocycles. The van der Waals surface area contributed by atoms with Gasteiger partial charge in [0.15, 0.2) is 11.5 Å². The number of thiophene rings is 1. The predicted molar refractivity (Wildman–Crippen MR) is 120 cm³/mol. The van der Waals surface area contributed by atoms with Crippen LogP contribution in [0, 0.1) is 5.82 Å². The molecule has 1 aliphatic rings. The van der Waals surface area contributed by atoms with Gasteiger partial charge in [-0.15, -0.1) is 11.3 Å². The highest BCUT2D eigenvalue weighted by Crippen LogP contribution is 2.50. The Labute approximate surface area is 187 Å². The Hall–Kier alpha value is -3.65. The Kier molecular flexibility index (Phi) is 5.96. The Morgan fingerprint density at radius 3 is 2.69 bits per heavy atom. The fourth-order valence-corrected chi connectivity index (χ4v) is 5.01. The molecule has 0 saturated heterocycles. The van der Waals surface area contributed by atoms with Crippen molar-refractivity contribution >= 4 is 28.9 Å². The molecule has 32 heavy (non-hydrogen) atoms. The molecule has 0 bridgehead atoms. The maximum atomic E-state index is 13.4. The van der Waals surface area contributed by atoms with Crippen molar-refractivity contribution in [2.24, 2.45) is 0 Å². The number of fused-ring (bicyclic) bond motifs is 1. The van der Waals surface area contributed by atoms with Gasteiger partial charge in [-0.2, -0.15) is 0 Å². The normalized spacial score (nSPS) is 14.9. The summed E-state index contributed by atoms with van der Waals surface area (Å²) in [4.78, 5) is 25.5. The summed E-state index contributed by atoms with van der Waals surface area (Å²) in [6, 6.07) is 10.9. The second-order valence-corrected chi connectivity index (χ2v) is 8.22. The number of hydrogen-bond donors (Lipinski definition) is 2. The molecule has 4 rings (SSSR count). The van der Waals surface area contributed by atoms with Gasteiger partial charge in [0.2, 0.25) is 5.91 Å². The second-order valence-electron chi connectivity index (χ2n) is 7.17. The SMILES string of the molecule is C=CCOc1ccc([C@H]2CC(=O)Nc3c2sc(C(=O)O)c3-c2ccc(F)cc2)cc1OC. The molecule has 2 heterocycles. The fraction of sp³-hybridized carbons (Fsp3) is 0.167. The van der Waals surface area contributed by atoms with Crippen molar-refractivity contribution in [1.29, 1.82) is 0 Å². The summed E-state index contributed by atoms with van der Waals surface area (Å²) in [7, 11) is 1.53. The van der Waals surface area contributed by atoms with E-state index in [0.717, 1.165) is 21.8 Å². The minimum atomic E-state index is -1.11. The second kappa shape index (κ2) is 8.84. The third-order valence-corrected chi connectivity index (χ3v) is 6.47. The zero-order chi connectivity index (χ0) is 22.8. The van der Waals surface area contributed by atoms with Crippen molar-refractivity contribution in [3.05, 3.63) is 76.3 Å². The lowest BCUT2D eigenvalue weighted by molar-refractivity contribution is -0.116. The van der Waals surface area contributed by atoms with Gasteiger partial charge in [0.05, 0.1) is 12.8 Å². The zero-order valence-electron chi connectivity index (χ0n) is 17.2. The van der Waals surface area contributed by atoms with Crippen LogP contribution in [0.3, 0.4) is 0 Å². The van der Waals surface area contributed by atoms with Crippen molar-refractivity contribution in [2.45, 2.75) is 12.3 Å². The molecule has 3 aromatic rings. The van der Waals surface area contributed by atoms with Gasteiger partial charge in [-0.3, -0.25) is 4.79 Å². The van der Waals surface area contributed by atoms with Crippen molar-refractivity contribution in [2.75, 3.05) is 19.0 Å². The summed E-state index contributed by atoms with van der Waals surface area (Å²) in [5.74, 6) is -1.08. The molecular formula is C24H20FNO5S. The molecule has 2 aromatic carbocycles. The van der Waals surface area contributed by atoms with Crippen LogP contribution in [0.25, 0.3) is 11.1 Å². The van der Waals surface area contributed by atoms with Crippen LogP contribution in [0.2, 0.25) is 0 Å². The van der Waals surface area contributed by atoms with Gasteiger partial charge in [-0.25, -0.2) is 9.18 Å². The number of rotatable bonds is 7. The maximum Gasteiger partial charge on any atom is 0.346 e. The molecule has 1 atom stereocenters. The number of carboxylic acid groups (broad SMARTS) is 1. The number of halogens is 1. The van der Waals surface area contributed by atoms with Crippen LogP contribution in [0.4, 0.5) is 10.1 Å². The van der Waals surface area contributed by atoms with Crippen LogP contribution in [0.5, 0.6) is 11.5 Å². The average molecular weight is 453 g/mol. The summed E-state index contributed by atoms with van der Waals surface area (Å²) in [6.07, 6.45) is 1.78. The highest BCUT2D eigenvalue weighted by atomic mass is 32.1. The van der Waals surface area contributed by atoms with Crippen molar-refractivity contribution in [3.63, 3.8) is 0 Å². The number of methoxy groups -OCH3 is 1. The number of carbonyl (C=O) groups excluding carboxylic acids is 1. The molecule has 2 N–H and O–H groups in total. The molecule has 0 fully saturated rings. The lowest BCUT2D eigenvalue weighted by Crippen LogP contribution is -2.22. The van der Waals surface area contributed by atoms with E-state index in [1.54, 1.807) is 18.2 Å². The van der Waals surface area contributed by atoms with Crippen molar-refractivity contribution in [1.82, 2.24) is 0 Å². The molecule has 0 saturated carbocycles. The average Bonchev–Trinajstić information content (AvgIpc) is 3.17. The number of ether oxygens (including phenoxy) is 2. The number of nitrogens with one attached hydrogen (secondary N) is 1. The summed E-state index contributed by atoms with van der Waals surface area (Å²) in [5, 5.41) is 12.7. The molecule has 8 heteroatoms. The largest absolute Gasteiger partial charge is 0.493 e. The minimum absolute atomic E-state index is 0.0895. The van der Waals surface area contributed by atoms with Crippen LogP contribution in [0.1, 0.15) is 32.5 Å². The first-order chi connectivity index (χ1) is 15.4. The number of carboxylic acids is 1. The summed E-state index contributed by atoms with van der Waals surface area (Å²) >= 11 is 1.11. The van der Waals surface area contributed by atoms with Gasteiger partial charge in [0.1, 0.15) is 17.3 Å². The van der Waals surface area contributed by atoms with Crippen molar-refractivity contribution < 1.29 is 28.6 Å². The number of amides is 1. The van der Waals surface area contributed by atoms with Crippen molar-refractivity contribution in [3.8, 4) is 22.6 Å². The number of hydrogen-bond acceptors (Lipinski definition) is 5. The quantitative estimate of drug-likeness (QED) is 0.474. The Bertz CT molecular complexity index is 1200. The number of carbonyl (C=O) groups is 2. The van der Waals surface area contributed by atoms with Gasteiger partial charge in [0.25, 0.3) is 0 Å². The van der Waals surface area contributed by atoms with E-state index in [1.807, 2.05) is 6.07 Å². The van der Waals surface area contributed by atoms with E-state index in [2.05, 4.69) is 11.9 Å². The topological polar surface area (TPSA) is 84.9 Å². The molecule has 0 spiro atoms. The fourth-order valence-electron chi connectivity index (χ4n) is 3.77. The van der Waals surface area contributed by atoms with E-state index in [9.17, 15) is 19.1 Å². The molecule has 164 valence electrons. The van der Waals surface area contributed by atoms with E-state index in [4.69, 9.17) is 9.47 Å². The number of anilines is 1. The van der Waals surface area contributed by atoms with E-state index in [0.29, 0.717) is 34.9 Å². The summed E-state index contributed by atoms with van der Waals surface area (Å²) < 4.78 is 24.5. The monoisotopic (exact) mass is 453 g/mol. The minimum Gasteiger partial charge on any atom is -0.493 e. The van der Waals surface area contributed by atoms with Crippen LogP contribution in [-0.4, -0.2) is 30.7 Å². The molecule has 1 aromatic heterocycles. The third-order valence-electron chi connectivity index (χ3n) is 5.18. The smallest absolute Gasteiger partial charge is 0.346 e. The zero-order valence-corrected chi connectivity index (χ0v) is 18.0. The molecule has 6 nitrogen and oxygen atoms in total. The van der Waals surface area contributed by atoms with E-state index >= 15 is 0 Å². The van der Waals surface area contributed by atoms with Crippen LogP contribution in [-0.2, 0) is 4.79 Å². The maximum absolute atomic E-state index is 13.4. The summed E-state index contributed by atoms with van der Waals surface area (Å²) in [5.41, 5.74) is 2.15. The Morgan fingerprint density at radius 2 is 2.03 bits per heavy atom. The molecule has 0 unspecified atom stereocenters. The van der Waals surface area contributed by atoms with Crippen LogP contribution in [0.15, 0.2) is 55.1 Å². The standard InChI is InChI=1S/C24H20FNO5S/c1-3-10-31-17-9-6-14(11-18(17)30-2)16-12-19(27)26-21-20(13-4-7-15(25)8-5-13)23(24(28)29)32-22(16)21/h3-9,11,16H,1,10,12H2,2H3,(H,26,27)(H,28,29)/t16-/m1/s1. The number of aromatic carboxylic acids is 1. The highest BCUT2D eigenvalue weighted by Gasteiger charge is 2.34. The molecular weight excluding hydrogens is 433 g/mol. The van der Waals surface area contributed by atoms with Gasteiger partial charge < -0.3 is 19.9 Å². The number of benzene rings is 2. The molecule has 0 radical (unpaired) electrons. The van der Waals surface area contributed by atoms with Gasteiger partial charge in [-0.1, -0.05) is 30.9 Å². The summed E-state index contributed by atoms with van der Waals surface area (Å²) in [6.45, 7) is 3.95. The third kappa shape index (κ3) is 3.97. The van der Waals surface area contributed by atoms with Crippen LogP contribution >= 0.6 is 11.3 Å². The lowest BCUT2D eigenvalue weighted by atomic mass is 9.88. The predicted octanol–water partition coefficient (Wildman–Crippen LogP) is 5.30. The van der Waals surface area contributed by atoms with E-state index < -0.39 is 11.8 Å².